The van der Waals surface area contributed by atoms with Crippen LogP contribution in [0.4, 0.5) is 0 Å². The van der Waals surface area contributed by atoms with Crippen LogP contribution in [0.25, 0.3) is 0 Å². The number of carbonyl (C=O) groups is 1. The van der Waals surface area contributed by atoms with E-state index in [9.17, 15) is 9.00 Å². The zero-order valence-corrected chi connectivity index (χ0v) is 15.7. The molecular weight excluding hydrogens is 410 g/mol. The van der Waals surface area contributed by atoms with E-state index in [-0.39, 0.29) is 17.4 Å². The molecule has 2 aromatic heterocycles. The number of rotatable bonds is 6. The third kappa shape index (κ3) is 4.43. The van der Waals surface area contributed by atoms with Crippen LogP contribution in [0, 0.1) is 0 Å². The first-order valence-corrected chi connectivity index (χ1v) is 10.1. The monoisotopic (exact) mass is 423 g/mol. The van der Waals surface area contributed by atoms with Crippen LogP contribution >= 0.6 is 27.3 Å². The quantitative estimate of drug-likeness (QED) is 0.641. The van der Waals surface area contributed by atoms with Crippen molar-refractivity contribution in [1.29, 1.82) is 0 Å². The Bertz CT molecular complexity index is 841. The van der Waals surface area contributed by atoms with Gasteiger partial charge in [-0.15, -0.1) is 11.3 Å². The highest BCUT2D eigenvalue weighted by Gasteiger charge is 2.13. The Morgan fingerprint density at radius 3 is 2.67 bits per heavy atom. The normalized spacial score (nSPS) is 12.0. The summed E-state index contributed by atoms with van der Waals surface area (Å²) in [4.78, 5) is 13.9. The molecule has 124 valence electrons. The first-order valence-electron chi connectivity index (χ1n) is 7.15. The van der Waals surface area contributed by atoms with Gasteiger partial charge >= 0.3 is 0 Å². The van der Waals surface area contributed by atoms with Gasteiger partial charge in [0.1, 0.15) is 5.76 Å². The van der Waals surface area contributed by atoms with Gasteiger partial charge in [-0.3, -0.25) is 9.00 Å². The maximum absolute atomic E-state index is 12.3. The zero-order chi connectivity index (χ0) is 16.9. The summed E-state index contributed by atoms with van der Waals surface area (Å²) in [5.41, 5.74) is 0. The minimum atomic E-state index is -1.22. The minimum absolute atomic E-state index is 0.231. The fourth-order valence-corrected chi connectivity index (χ4v) is 3.97. The number of thiophene rings is 1. The van der Waals surface area contributed by atoms with Crippen molar-refractivity contribution >= 4 is 44.0 Å². The van der Waals surface area contributed by atoms with Crippen molar-refractivity contribution < 1.29 is 13.4 Å². The molecule has 0 unspecified atom stereocenters. The van der Waals surface area contributed by atoms with Gasteiger partial charge in [0.15, 0.2) is 5.76 Å². The molecule has 24 heavy (non-hydrogen) atoms. The van der Waals surface area contributed by atoms with Crippen LogP contribution < -0.4 is 5.32 Å². The molecule has 0 fully saturated rings. The van der Waals surface area contributed by atoms with Crippen molar-refractivity contribution in [3.05, 3.63) is 74.8 Å². The number of hydrogen-bond acceptors (Lipinski definition) is 4. The van der Waals surface area contributed by atoms with Crippen LogP contribution in [-0.4, -0.2) is 10.1 Å². The molecule has 0 aliphatic heterocycles. The second-order valence-electron chi connectivity index (χ2n) is 4.97. The fourth-order valence-electron chi connectivity index (χ4n) is 2.04. The third-order valence-corrected chi connectivity index (χ3v) is 5.99. The maximum Gasteiger partial charge on any atom is 0.287 e. The van der Waals surface area contributed by atoms with Crippen LogP contribution in [-0.2, 0) is 23.1 Å². The Morgan fingerprint density at radius 2 is 1.96 bits per heavy atom. The number of carbonyl (C=O) groups excluding carboxylic acids is 1. The van der Waals surface area contributed by atoms with E-state index in [0.717, 1.165) is 14.2 Å². The molecule has 0 saturated heterocycles. The third-order valence-electron chi connectivity index (χ3n) is 3.24. The average Bonchev–Trinajstić information content (AvgIpc) is 3.25. The lowest BCUT2D eigenvalue weighted by atomic mass is 10.4. The Labute approximate surface area is 154 Å². The van der Waals surface area contributed by atoms with Crippen molar-refractivity contribution in [2.75, 3.05) is 0 Å². The number of amides is 1. The predicted octanol–water partition coefficient (Wildman–Crippen LogP) is 4.34. The van der Waals surface area contributed by atoms with Crippen LogP contribution in [0.15, 0.2) is 67.7 Å². The Balaban J connectivity index is 1.59. The van der Waals surface area contributed by atoms with Gasteiger partial charge in [-0.05, 0) is 47.8 Å². The van der Waals surface area contributed by atoms with Crippen LogP contribution in [0.3, 0.4) is 0 Å². The van der Waals surface area contributed by atoms with Gasteiger partial charge in [-0.1, -0.05) is 22.0 Å². The number of halogens is 1. The number of furan rings is 1. The predicted molar refractivity (Wildman–Crippen MR) is 98.5 cm³/mol. The lowest BCUT2D eigenvalue weighted by Gasteiger charge is -2.02. The number of benzene rings is 1. The Hall–Kier alpha value is -1.70. The van der Waals surface area contributed by atoms with Gasteiger partial charge < -0.3 is 9.73 Å². The van der Waals surface area contributed by atoms with Crippen molar-refractivity contribution in [2.24, 2.45) is 0 Å². The molecular formula is C17H14BrNO3S2. The number of nitrogens with one attached hydrogen (secondary N) is 1. The molecule has 3 rings (SSSR count). The van der Waals surface area contributed by atoms with E-state index in [2.05, 4.69) is 21.2 Å². The van der Waals surface area contributed by atoms with E-state index in [1.165, 1.54) is 0 Å². The van der Waals surface area contributed by atoms with E-state index in [4.69, 9.17) is 4.42 Å². The molecule has 7 heteroatoms. The summed E-state index contributed by atoms with van der Waals surface area (Å²) in [5.74, 6) is 0.718. The summed E-state index contributed by atoms with van der Waals surface area (Å²) < 4.78 is 18.8. The molecule has 1 N–H and O–H groups in total. The maximum atomic E-state index is 12.3. The zero-order valence-electron chi connectivity index (χ0n) is 12.5. The second-order valence-corrected chi connectivity index (χ2v) is 8.37. The first kappa shape index (κ1) is 17.1. The van der Waals surface area contributed by atoms with Crippen LogP contribution in [0.2, 0.25) is 0 Å². The number of hydrogen-bond donors (Lipinski definition) is 1. The summed E-state index contributed by atoms with van der Waals surface area (Å²) in [6.07, 6.45) is 0. The van der Waals surface area contributed by atoms with Crippen molar-refractivity contribution in [3.8, 4) is 0 Å². The van der Waals surface area contributed by atoms with Crippen molar-refractivity contribution in [1.82, 2.24) is 5.32 Å². The summed E-state index contributed by atoms with van der Waals surface area (Å²) in [6.45, 7) is 0.470. The molecule has 0 bridgehead atoms. The molecule has 1 atom stereocenters. The summed E-state index contributed by atoms with van der Waals surface area (Å²) in [7, 11) is -1.22. The molecule has 1 aromatic carbocycles. The standard InChI is InChI=1S/C17H14BrNO3S2/c18-12-3-6-15(7-4-12)24(21)11-13-5-8-16(22-13)17(20)19-10-14-2-1-9-23-14/h1-9H,10-11H2,(H,19,20)/t24-/m1/s1. The van der Waals surface area contributed by atoms with Gasteiger partial charge in [-0.25, -0.2) is 0 Å². The van der Waals surface area contributed by atoms with Gasteiger partial charge in [0.25, 0.3) is 5.91 Å². The smallest absolute Gasteiger partial charge is 0.287 e. The van der Waals surface area contributed by atoms with E-state index in [1.807, 2.05) is 29.6 Å². The van der Waals surface area contributed by atoms with E-state index >= 15 is 0 Å². The second kappa shape index (κ2) is 7.92. The van der Waals surface area contributed by atoms with E-state index < -0.39 is 10.8 Å². The van der Waals surface area contributed by atoms with Crippen molar-refractivity contribution in [3.63, 3.8) is 0 Å². The summed E-state index contributed by atoms with van der Waals surface area (Å²) >= 11 is 4.93. The Morgan fingerprint density at radius 1 is 1.17 bits per heavy atom. The van der Waals surface area contributed by atoms with E-state index in [0.29, 0.717) is 12.3 Å². The van der Waals surface area contributed by atoms with Crippen LogP contribution in [0.1, 0.15) is 21.2 Å². The molecule has 3 aromatic rings. The highest BCUT2D eigenvalue weighted by Crippen LogP contribution is 2.18. The molecule has 0 aliphatic rings. The lowest BCUT2D eigenvalue weighted by Crippen LogP contribution is -2.21. The molecule has 1 amide bonds. The molecule has 4 nitrogen and oxygen atoms in total. The Kier molecular flexibility index (Phi) is 5.65. The minimum Gasteiger partial charge on any atom is -0.455 e. The SMILES string of the molecule is O=C(NCc1cccs1)c1ccc(C[S@@](=O)c2ccc(Br)cc2)o1. The van der Waals surface area contributed by atoms with Gasteiger partial charge in [0, 0.05) is 14.2 Å². The lowest BCUT2D eigenvalue weighted by molar-refractivity contribution is 0.0922. The van der Waals surface area contributed by atoms with Gasteiger partial charge in [0.2, 0.25) is 0 Å². The summed E-state index contributed by atoms with van der Waals surface area (Å²) in [5, 5.41) is 4.76. The first-order chi connectivity index (χ1) is 11.6. The highest BCUT2D eigenvalue weighted by molar-refractivity contribution is 9.10. The highest BCUT2D eigenvalue weighted by atomic mass is 79.9. The average molecular weight is 424 g/mol. The molecule has 0 radical (unpaired) electrons. The molecule has 0 spiro atoms. The van der Waals surface area contributed by atoms with Gasteiger partial charge in [0.05, 0.1) is 23.1 Å². The molecule has 0 aliphatic carbocycles. The molecule has 2 heterocycles. The van der Waals surface area contributed by atoms with Crippen molar-refractivity contribution in [2.45, 2.75) is 17.2 Å². The van der Waals surface area contributed by atoms with E-state index in [1.54, 1.807) is 35.6 Å². The topological polar surface area (TPSA) is 59.3 Å². The summed E-state index contributed by atoms with van der Waals surface area (Å²) in [6, 6.07) is 14.5. The van der Waals surface area contributed by atoms with Crippen LogP contribution in [0.5, 0.6) is 0 Å². The van der Waals surface area contributed by atoms with Gasteiger partial charge in [-0.2, -0.15) is 0 Å². The fraction of sp³-hybridized carbons (Fsp3) is 0.118. The molecule has 0 saturated carbocycles. The largest absolute Gasteiger partial charge is 0.455 e.